The lowest BCUT2D eigenvalue weighted by molar-refractivity contribution is 0.0460. The van der Waals surface area contributed by atoms with Crippen LogP contribution in [0.4, 0.5) is 0 Å². The van der Waals surface area contributed by atoms with E-state index in [2.05, 4.69) is 15.0 Å². The molecule has 0 aliphatic rings. The van der Waals surface area contributed by atoms with Gasteiger partial charge in [-0.1, -0.05) is 30.3 Å². The summed E-state index contributed by atoms with van der Waals surface area (Å²) in [6, 6.07) is 11.3. The highest BCUT2D eigenvalue weighted by atomic mass is 16.5. The number of hydrogen-bond donors (Lipinski definition) is 2. The monoisotopic (exact) mass is 296 g/mol. The zero-order chi connectivity index (χ0) is 15.5. The number of hydrogen-bond acceptors (Lipinski definition) is 5. The molecule has 0 aliphatic heterocycles. The molecule has 1 aromatic carbocycles. The number of fused-ring (bicyclic) bond motifs is 1. The van der Waals surface area contributed by atoms with E-state index < -0.39 is 5.97 Å². The minimum atomic E-state index is -0.506. The van der Waals surface area contributed by atoms with Gasteiger partial charge in [-0.2, -0.15) is 0 Å². The molecule has 0 bridgehead atoms. The van der Waals surface area contributed by atoms with Crippen LogP contribution in [0, 0.1) is 6.92 Å². The lowest BCUT2D eigenvalue weighted by Gasteiger charge is -2.02. The number of nitrogens with one attached hydrogen (secondary N) is 1. The van der Waals surface area contributed by atoms with Gasteiger partial charge in [-0.15, -0.1) is 0 Å². The van der Waals surface area contributed by atoms with Crippen molar-refractivity contribution in [1.29, 1.82) is 0 Å². The zero-order valence-electron chi connectivity index (χ0n) is 12.2. The molecule has 0 spiro atoms. The molecule has 2 aromatic heterocycles. The first kappa shape index (κ1) is 14.2. The minimum Gasteiger partial charge on any atom is -0.455 e. The van der Waals surface area contributed by atoms with E-state index in [0.29, 0.717) is 17.7 Å². The Bertz CT molecular complexity index is 812. The minimum absolute atomic E-state index is 0.145. The number of aromatic amines is 1. The van der Waals surface area contributed by atoms with E-state index in [4.69, 9.17) is 10.5 Å². The molecule has 3 rings (SSSR count). The van der Waals surface area contributed by atoms with Crippen LogP contribution in [-0.2, 0) is 17.9 Å². The van der Waals surface area contributed by atoms with Crippen LogP contribution in [0.5, 0.6) is 0 Å². The summed E-state index contributed by atoms with van der Waals surface area (Å²) in [7, 11) is 0. The van der Waals surface area contributed by atoms with E-state index in [1.165, 1.54) is 0 Å². The normalized spacial score (nSPS) is 10.8. The van der Waals surface area contributed by atoms with Crippen molar-refractivity contribution in [1.82, 2.24) is 15.0 Å². The third-order valence-corrected chi connectivity index (χ3v) is 3.39. The highest BCUT2D eigenvalue weighted by molar-refractivity contribution is 5.89. The Hall–Kier alpha value is -2.73. The molecule has 6 nitrogen and oxygen atoms in total. The van der Waals surface area contributed by atoms with Crippen molar-refractivity contribution in [2.75, 3.05) is 0 Å². The Morgan fingerprint density at radius 2 is 2.05 bits per heavy atom. The molecule has 22 heavy (non-hydrogen) atoms. The number of benzene rings is 1. The molecule has 0 amide bonds. The number of imidazole rings is 1. The van der Waals surface area contributed by atoms with Gasteiger partial charge in [0.2, 0.25) is 5.82 Å². The second-order valence-corrected chi connectivity index (χ2v) is 4.96. The number of rotatable bonds is 4. The number of carbonyl (C=O) groups excluding carboxylic acids is 1. The fraction of sp³-hybridized carbons (Fsp3) is 0.188. The Morgan fingerprint density at radius 3 is 2.77 bits per heavy atom. The quantitative estimate of drug-likeness (QED) is 0.719. The van der Waals surface area contributed by atoms with Crippen molar-refractivity contribution < 1.29 is 9.53 Å². The second-order valence-electron chi connectivity index (χ2n) is 4.96. The summed E-state index contributed by atoms with van der Waals surface area (Å²) in [6.07, 6.45) is 0. The summed E-state index contributed by atoms with van der Waals surface area (Å²) in [5.41, 5.74) is 9.47. The molecule has 0 atom stereocenters. The molecule has 0 fully saturated rings. The topological polar surface area (TPSA) is 93.9 Å². The molecule has 3 N–H and O–H groups in total. The summed E-state index contributed by atoms with van der Waals surface area (Å²) in [5, 5.41) is 0. The zero-order valence-corrected chi connectivity index (χ0v) is 12.2. The molecule has 0 unspecified atom stereocenters. The van der Waals surface area contributed by atoms with Crippen LogP contribution in [-0.4, -0.2) is 20.9 Å². The molecule has 0 saturated carbocycles. The SMILES string of the molecule is Cc1nc2nc(C(=O)OCc3ccccc3)[nH]c2cc1CN. The van der Waals surface area contributed by atoms with Gasteiger partial charge in [0.1, 0.15) is 6.61 Å². The Balaban J connectivity index is 1.79. The first-order valence-corrected chi connectivity index (χ1v) is 6.94. The van der Waals surface area contributed by atoms with Crippen molar-refractivity contribution in [2.45, 2.75) is 20.1 Å². The highest BCUT2D eigenvalue weighted by Gasteiger charge is 2.15. The number of esters is 1. The van der Waals surface area contributed by atoms with Crippen LogP contribution in [0.15, 0.2) is 36.4 Å². The van der Waals surface area contributed by atoms with E-state index in [9.17, 15) is 4.79 Å². The van der Waals surface area contributed by atoms with Crippen LogP contribution < -0.4 is 5.73 Å². The molecular formula is C16H16N4O2. The van der Waals surface area contributed by atoms with Crippen LogP contribution in [0.25, 0.3) is 11.2 Å². The molecule has 0 radical (unpaired) electrons. The highest BCUT2D eigenvalue weighted by Crippen LogP contribution is 2.15. The number of ether oxygens (including phenoxy) is 1. The van der Waals surface area contributed by atoms with Crippen molar-refractivity contribution in [3.05, 3.63) is 59.0 Å². The number of nitrogens with zero attached hydrogens (tertiary/aromatic N) is 2. The Morgan fingerprint density at radius 1 is 1.27 bits per heavy atom. The lowest BCUT2D eigenvalue weighted by Crippen LogP contribution is -2.07. The van der Waals surface area contributed by atoms with Crippen LogP contribution in [0.2, 0.25) is 0 Å². The van der Waals surface area contributed by atoms with Gasteiger partial charge in [-0.25, -0.2) is 14.8 Å². The molecule has 0 aliphatic carbocycles. The molecule has 112 valence electrons. The van der Waals surface area contributed by atoms with Crippen molar-refractivity contribution in [3.8, 4) is 0 Å². The predicted octanol–water partition coefficient (Wildman–Crippen LogP) is 2.08. The van der Waals surface area contributed by atoms with E-state index in [1.807, 2.05) is 43.3 Å². The summed E-state index contributed by atoms with van der Waals surface area (Å²) < 4.78 is 5.25. The average Bonchev–Trinajstić information content (AvgIpc) is 2.95. The number of carbonyl (C=O) groups is 1. The Kier molecular flexibility index (Phi) is 3.84. The van der Waals surface area contributed by atoms with Gasteiger partial charge in [0.25, 0.3) is 0 Å². The number of aromatic nitrogens is 3. The fourth-order valence-corrected chi connectivity index (χ4v) is 2.17. The number of H-pyrrole nitrogens is 1. The molecule has 6 heteroatoms. The maximum absolute atomic E-state index is 12.1. The molecule has 0 saturated heterocycles. The van der Waals surface area contributed by atoms with Crippen molar-refractivity contribution in [2.24, 2.45) is 5.73 Å². The van der Waals surface area contributed by atoms with E-state index in [0.717, 1.165) is 16.8 Å². The van der Waals surface area contributed by atoms with E-state index in [1.54, 1.807) is 0 Å². The third-order valence-electron chi connectivity index (χ3n) is 3.39. The summed E-state index contributed by atoms with van der Waals surface area (Å²) >= 11 is 0. The number of pyridine rings is 1. The number of nitrogens with two attached hydrogens (primary N) is 1. The maximum atomic E-state index is 12.1. The van der Waals surface area contributed by atoms with E-state index >= 15 is 0 Å². The average molecular weight is 296 g/mol. The summed E-state index contributed by atoms with van der Waals surface area (Å²) in [5.74, 6) is -0.360. The first-order valence-electron chi connectivity index (χ1n) is 6.94. The van der Waals surface area contributed by atoms with Gasteiger partial charge in [0, 0.05) is 12.2 Å². The summed E-state index contributed by atoms with van der Waals surface area (Å²) in [6.45, 7) is 2.46. The van der Waals surface area contributed by atoms with Gasteiger partial charge in [-0.3, -0.25) is 0 Å². The standard InChI is InChI=1S/C16H16N4O2/c1-10-12(8-17)7-13-14(18-10)20-15(19-13)16(21)22-9-11-5-3-2-4-6-11/h2-7H,8-9,17H2,1H3,(H,18,19,20). The smallest absolute Gasteiger partial charge is 0.374 e. The third kappa shape index (κ3) is 2.82. The molecular weight excluding hydrogens is 280 g/mol. The van der Waals surface area contributed by atoms with Crippen LogP contribution in [0.3, 0.4) is 0 Å². The van der Waals surface area contributed by atoms with Crippen LogP contribution in [0.1, 0.15) is 27.4 Å². The van der Waals surface area contributed by atoms with Crippen molar-refractivity contribution >= 4 is 17.1 Å². The second kappa shape index (κ2) is 5.95. The van der Waals surface area contributed by atoms with Crippen molar-refractivity contribution in [3.63, 3.8) is 0 Å². The van der Waals surface area contributed by atoms with Gasteiger partial charge in [0.05, 0.1) is 5.52 Å². The summed E-state index contributed by atoms with van der Waals surface area (Å²) in [4.78, 5) is 23.5. The van der Waals surface area contributed by atoms with Gasteiger partial charge in [-0.05, 0) is 24.1 Å². The van der Waals surface area contributed by atoms with Gasteiger partial charge >= 0.3 is 5.97 Å². The van der Waals surface area contributed by atoms with Gasteiger partial charge < -0.3 is 15.5 Å². The predicted molar refractivity (Wildman–Crippen MR) is 82.1 cm³/mol. The molecule has 3 aromatic rings. The molecule has 2 heterocycles. The Labute approximate surface area is 127 Å². The van der Waals surface area contributed by atoms with E-state index in [-0.39, 0.29) is 12.4 Å². The van der Waals surface area contributed by atoms with Gasteiger partial charge in [0.15, 0.2) is 5.65 Å². The first-order chi connectivity index (χ1) is 10.7. The largest absolute Gasteiger partial charge is 0.455 e. The lowest BCUT2D eigenvalue weighted by atomic mass is 10.2. The van der Waals surface area contributed by atoms with Crippen LogP contribution >= 0.6 is 0 Å². The fourth-order valence-electron chi connectivity index (χ4n) is 2.17. The number of aryl methyl sites for hydroxylation is 1. The maximum Gasteiger partial charge on any atom is 0.374 e.